The van der Waals surface area contributed by atoms with Crippen molar-refractivity contribution in [2.45, 2.75) is 23.0 Å². The van der Waals surface area contributed by atoms with Crippen molar-refractivity contribution in [3.8, 4) is 0 Å². The molecule has 3 rings (SSSR count). The van der Waals surface area contributed by atoms with Crippen molar-refractivity contribution in [1.82, 2.24) is 10.3 Å². The number of rotatable bonds is 5. The van der Waals surface area contributed by atoms with Gasteiger partial charge in [0.15, 0.2) is 6.17 Å². The lowest BCUT2D eigenvalue weighted by molar-refractivity contribution is -0.692. The van der Waals surface area contributed by atoms with Crippen molar-refractivity contribution in [3.05, 3.63) is 41.8 Å². The fourth-order valence-electron chi connectivity index (χ4n) is 3.47. The Bertz CT molecular complexity index is 726. The molecule has 0 spiro atoms. The highest BCUT2D eigenvalue weighted by atomic mass is 32.2. The minimum atomic E-state index is -4.33. The van der Waals surface area contributed by atoms with Crippen LogP contribution in [0, 0.1) is 10.8 Å². The van der Waals surface area contributed by atoms with Crippen LogP contribution >= 0.6 is 11.8 Å². The minimum absolute atomic E-state index is 0.00364. The van der Waals surface area contributed by atoms with Crippen molar-refractivity contribution >= 4 is 23.4 Å². The van der Waals surface area contributed by atoms with Crippen molar-refractivity contribution in [1.29, 1.82) is 0 Å². The van der Waals surface area contributed by atoms with Gasteiger partial charge >= 0.3 is 5.51 Å². The van der Waals surface area contributed by atoms with E-state index in [1.54, 1.807) is 17.1 Å². The van der Waals surface area contributed by atoms with E-state index in [-0.39, 0.29) is 34.6 Å². The Morgan fingerprint density at radius 1 is 1.33 bits per heavy atom. The van der Waals surface area contributed by atoms with E-state index in [2.05, 4.69) is 11.9 Å². The second-order valence-electron chi connectivity index (χ2n) is 6.48. The van der Waals surface area contributed by atoms with Gasteiger partial charge in [-0.3, -0.25) is 4.79 Å². The van der Waals surface area contributed by atoms with Crippen molar-refractivity contribution in [3.63, 3.8) is 0 Å². The monoisotopic (exact) mass is 401 g/mol. The third-order valence-electron chi connectivity index (χ3n) is 4.62. The number of hydrogen-bond donors (Lipinski definition) is 1. The molecule has 0 bridgehead atoms. The number of alkyl halides is 3. The number of fused-ring (bicyclic) bond motifs is 1. The summed E-state index contributed by atoms with van der Waals surface area (Å²) in [5.74, 6) is -0.276. The van der Waals surface area contributed by atoms with Gasteiger partial charge in [-0.1, -0.05) is 6.58 Å². The number of hydrazine groups is 1. The van der Waals surface area contributed by atoms with E-state index in [0.717, 1.165) is 10.6 Å². The molecule has 10 heteroatoms. The number of carbonyl (C=O) groups excluding carboxylic acids is 1. The van der Waals surface area contributed by atoms with Gasteiger partial charge in [-0.25, -0.2) is 0 Å². The van der Waals surface area contributed by atoms with E-state index in [4.69, 9.17) is 0 Å². The van der Waals surface area contributed by atoms with Crippen LogP contribution < -0.4 is 10.2 Å². The summed E-state index contributed by atoms with van der Waals surface area (Å²) < 4.78 is 37.5. The summed E-state index contributed by atoms with van der Waals surface area (Å²) in [7, 11) is 0. The molecule has 1 amide bonds. The van der Waals surface area contributed by atoms with Crippen LogP contribution in [0.4, 0.5) is 18.9 Å². The average Bonchev–Trinajstić information content (AvgIpc) is 2.99. The third-order valence-corrected chi connectivity index (χ3v) is 5.36. The molecule has 2 heterocycles. The number of hydrogen-bond acceptors (Lipinski definition) is 4. The van der Waals surface area contributed by atoms with E-state index < -0.39 is 5.51 Å². The summed E-state index contributed by atoms with van der Waals surface area (Å²) in [6.07, 6.45) is 1.71. The van der Waals surface area contributed by atoms with Gasteiger partial charge in [0.25, 0.3) is 0 Å². The van der Waals surface area contributed by atoms with Gasteiger partial charge in [-0.05, 0) is 42.1 Å². The van der Waals surface area contributed by atoms with E-state index in [0.29, 0.717) is 32.6 Å². The quantitative estimate of drug-likeness (QED) is 0.467. The number of thioether (sulfide) groups is 1. The van der Waals surface area contributed by atoms with Crippen molar-refractivity contribution in [2.24, 2.45) is 5.92 Å². The van der Waals surface area contributed by atoms with E-state index in [9.17, 15) is 22.9 Å². The van der Waals surface area contributed by atoms with Crippen LogP contribution in [0.25, 0.3) is 0 Å². The fraction of sp³-hybridized carbons (Fsp3) is 0.471. The Balaban J connectivity index is 1.76. The number of carbonyl (C=O) groups is 1. The summed E-state index contributed by atoms with van der Waals surface area (Å²) in [5.41, 5.74) is -3.57. The first-order valence-electron chi connectivity index (χ1n) is 8.51. The summed E-state index contributed by atoms with van der Waals surface area (Å²) in [4.78, 5) is 26.6. The van der Waals surface area contributed by atoms with Gasteiger partial charge < -0.3 is 10.2 Å². The zero-order valence-corrected chi connectivity index (χ0v) is 15.3. The molecule has 6 nitrogen and oxygen atoms in total. The number of anilines is 1. The van der Waals surface area contributed by atoms with Gasteiger partial charge in [0, 0.05) is 29.6 Å². The number of nitrogens with zero attached hydrogens (tertiary/aromatic N) is 3. The molecular weight excluding hydrogens is 381 g/mol. The molecule has 1 N–H and O–H groups in total. The predicted octanol–water partition coefficient (Wildman–Crippen LogP) is 2.76. The van der Waals surface area contributed by atoms with Crippen LogP contribution in [-0.4, -0.2) is 53.6 Å². The van der Waals surface area contributed by atoms with Gasteiger partial charge in [-0.2, -0.15) is 13.2 Å². The average molecular weight is 401 g/mol. The molecule has 0 saturated carbocycles. The molecule has 0 aliphatic carbocycles. The molecule has 27 heavy (non-hydrogen) atoms. The molecule has 1 aromatic rings. The third kappa shape index (κ3) is 4.74. The fourth-order valence-corrected chi connectivity index (χ4v) is 4.01. The van der Waals surface area contributed by atoms with E-state index in [1.165, 1.54) is 18.2 Å². The molecule has 0 radical (unpaired) electrons. The molecule has 2 unspecified atom stereocenters. The normalized spacial score (nSPS) is 22.6. The molecule has 146 valence electrons. The molecular formula is C17H20F3N4O2S+. The summed E-state index contributed by atoms with van der Waals surface area (Å²) in [6.45, 7) is 5.29. The lowest BCUT2D eigenvalue weighted by Crippen LogP contribution is -2.57. The van der Waals surface area contributed by atoms with Crippen LogP contribution in [0.5, 0.6) is 0 Å². The largest absolute Gasteiger partial charge is 0.446 e. The molecule has 2 saturated heterocycles. The van der Waals surface area contributed by atoms with Gasteiger partial charge in [0.2, 0.25) is 12.5 Å². The first-order valence-corrected chi connectivity index (χ1v) is 9.32. The van der Waals surface area contributed by atoms with Crippen LogP contribution in [0.15, 0.2) is 41.8 Å². The van der Waals surface area contributed by atoms with E-state index in [1.807, 2.05) is 4.90 Å². The zero-order chi connectivity index (χ0) is 19.6. The van der Waals surface area contributed by atoms with Crippen LogP contribution in [0.1, 0.15) is 6.42 Å². The maximum Gasteiger partial charge on any atom is 0.446 e. The number of amides is 1. The minimum Gasteiger partial charge on any atom is -0.352 e. The van der Waals surface area contributed by atoms with Crippen molar-refractivity contribution in [2.75, 3.05) is 31.1 Å². The highest BCUT2D eigenvalue weighted by molar-refractivity contribution is 8.00. The maximum absolute atomic E-state index is 12.5. The second kappa shape index (κ2) is 7.79. The highest BCUT2D eigenvalue weighted by Crippen LogP contribution is 2.38. The Hall–Kier alpha value is -2.23. The van der Waals surface area contributed by atoms with Crippen LogP contribution in [-0.2, 0) is 4.79 Å². The Kier molecular flexibility index (Phi) is 5.64. The number of nitrogens with one attached hydrogen (secondary N) is 1. The molecule has 2 aliphatic rings. The number of benzene rings is 1. The van der Waals surface area contributed by atoms with Gasteiger partial charge in [0.05, 0.1) is 17.9 Å². The first-order chi connectivity index (χ1) is 12.8. The highest BCUT2D eigenvalue weighted by Gasteiger charge is 2.47. The van der Waals surface area contributed by atoms with E-state index >= 15 is 0 Å². The predicted molar refractivity (Wildman–Crippen MR) is 96.0 cm³/mol. The van der Waals surface area contributed by atoms with Gasteiger partial charge in [-0.15, -0.1) is 5.01 Å². The first kappa shape index (κ1) is 19.5. The molecule has 0 aromatic heterocycles. The summed E-state index contributed by atoms with van der Waals surface area (Å²) in [5, 5.41) is 4.46. The van der Waals surface area contributed by atoms with Crippen LogP contribution in [0.3, 0.4) is 0 Å². The maximum atomic E-state index is 12.5. The SMILES string of the molecule is C=CC(=O)NCC1CN(c2ccc(SC(F)(F)F)cc2)C2CC[N+](=O)N2C1. The van der Waals surface area contributed by atoms with Crippen LogP contribution in [0.2, 0.25) is 0 Å². The second-order valence-corrected chi connectivity index (χ2v) is 7.61. The topological polar surface area (TPSA) is 55.7 Å². The van der Waals surface area contributed by atoms with Gasteiger partial charge in [0.1, 0.15) is 4.87 Å². The lowest BCUT2D eigenvalue weighted by Gasteiger charge is -2.40. The lowest BCUT2D eigenvalue weighted by atomic mass is 10.0. The summed E-state index contributed by atoms with van der Waals surface area (Å²) in [6, 6.07) is 6.16. The number of nitroso groups, excluding NO2 is 1. The Labute approximate surface area is 158 Å². The molecule has 2 atom stereocenters. The standard InChI is InChI=1S/C17H19F3N4O2S/c1-2-15(25)21-9-12-10-22(16-7-8-24(26)23(16)11-12)13-3-5-14(6-4-13)27-17(18,19)20/h2-6,12,16H,1,7-11H2/p+1. The molecule has 1 aromatic carbocycles. The molecule has 2 fully saturated rings. The molecule has 2 aliphatic heterocycles. The number of halogens is 3. The smallest absolute Gasteiger partial charge is 0.352 e. The summed E-state index contributed by atoms with van der Waals surface area (Å²) >= 11 is -0.154. The Morgan fingerprint density at radius 2 is 2.04 bits per heavy atom. The Morgan fingerprint density at radius 3 is 2.67 bits per heavy atom. The zero-order valence-electron chi connectivity index (χ0n) is 14.5. The van der Waals surface area contributed by atoms with Crippen molar-refractivity contribution < 1.29 is 22.8 Å².